The first kappa shape index (κ1) is 18.8. The molecule has 0 unspecified atom stereocenters. The number of carbonyl (C=O) groups excluding carboxylic acids is 2. The zero-order valence-corrected chi connectivity index (χ0v) is 14.9. The first-order chi connectivity index (χ1) is 12.0. The Hall–Kier alpha value is -2.50. The molecule has 3 N–H and O–H groups in total. The highest BCUT2D eigenvalue weighted by Gasteiger charge is 2.21. The molecule has 0 bridgehead atoms. The van der Waals surface area contributed by atoms with E-state index in [1.165, 1.54) is 6.08 Å². The van der Waals surface area contributed by atoms with Gasteiger partial charge in [-0.05, 0) is 38.3 Å². The number of primary amides is 1. The van der Waals surface area contributed by atoms with Crippen molar-refractivity contribution in [3.05, 3.63) is 35.9 Å². The van der Waals surface area contributed by atoms with Gasteiger partial charge in [0.1, 0.15) is 5.75 Å². The lowest BCUT2D eigenvalue weighted by Crippen LogP contribution is -2.47. The SMILES string of the molecule is CC[C@@H](C)Oc1ccccc1/C=C/C(=O)NC1CCN(C(N)=O)CC1. The number of carbonyl (C=O) groups is 2. The Balaban J connectivity index is 1.89. The standard InChI is InChI=1S/C19H27N3O3/c1-3-14(2)25-17-7-5-4-6-15(17)8-9-18(23)21-16-10-12-22(13-11-16)19(20)24/h4-9,14,16H,3,10-13H2,1-2H3,(H2,20,24)(H,21,23)/b9-8+/t14-/m1/s1. The molecule has 1 saturated heterocycles. The van der Waals surface area contributed by atoms with E-state index in [0.29, 0.717) is 13.1 Å². The van der Waals surface area contributed by atoms with E-state index in [9.17, 15) is 9.59 Å². The van der Waals surface area contributed by atoms with Gasteiger partial charge in [-0.15, -0.1) is 0 Å². The lowest BCUT2D eigenvalue weighted by atomic mass is 10.1. The average Bonchev–Trinajstić information content (AvgIpc) is 2.61. The van der Waals surface area contributed by atoms with E-state index < -0.39 is 6.03 Å². The zero-order chi connectivity index (χ0) is 18.2. The van der Waals surface area contributed by atoms with E-state index in [1.807, 2.05) is 31.2 Å². The predicted molar refractivity (Wildman–Crippen MR) is 98.2 cm³/mol. The largest absolute Gasteiger partial charge is 0.490 e. The number of benzene rings is 1. The maximum absolute atomic E-state index is 12.1. The second-order valence-corrected chi connectivity index (χ2v) is 6.32. The van der Waals surface area contributed by atoms with Crippen LogP contribution in [0.1, 0.15) is 38.7 Å². The minimum Gasteiger partial charge on any atom is -0.490 e. The van der Waals surface area contributed by atoms with Crippen LogP contribution in [-0.2, 0) is 4.79 Å². The van der Waals surface area contributed by atoms with E-state index in [1.54, 1.807) is 11.0 Å². The van der Waals surface area contributed by atoms with Gasteiger partial charge in [0.15, 0.2) is 0 Å². The summed E-state index contributed by atoms with van der Waals surface area (Å²) in [6, 6.07) is 7.33. The highest BCUT2D eigenvalue weighted by Crippen LogP contribution is 2.21. The Labute approximate surface area is 149 Å². The van der Waals surface area contributed by atoms with Crippen molar-refractivity contribution in [1.29, 1.82) is 0 Å². The molecule has 1 aliphatic heterocycles. The summed E-state index contributed by atoms with van der Waals surface area (Å²) in [5.74, 6) is 0.631. The third-order valence-corrected chi connectivity index (χ3v) is 4.39. The summed E-state index contributed by atoms with van der Waals surface area (Å²) in [5.41, 5.74) is 6.14. The van der Waals surface area contributed by atoms with Crippen LogP contribution < -0.4 is 15.8 Å². The molecule has 1 atom stereocenters. The van der Waals surface area contributed by atoms with Gasteiger partial charge in [-0.3, -0.25) is 4.79 Å². The van der Waals surface area contributed by atoms with Crippen LogP contribution in [0.5, 0.6) is 5.75 Å². The third kappa shape index (κ3) is 5.81. The third-order valence-electron chi connectivity index (χ3n) is 4.39. The van der Waals surface area contributed by atoms with Crippen LogP contribution in [0, 0.1) is 0 Å². The van der Waals surface area contributed by atoms with Crippen LogP contribution in [0.4, 0.5) is 4.79 Å². The maximum atomic E-state index is 12.1. The number of hydrogen-bond acceptors (Lipinski definition) is 3. The lowest BCUT2D eigenvalue weighted by Gasteiger charge is -2.30. The van der Waals surface area contributed by atoms with Crippen molar-refractivity contribution in [2.75, 3.05) is 13.1 Å². The van der Waals surface area contributed by atoms with Gasteiger partial charge in [0.25, 0.3) is 0 Å². The van der Waals surface area contributed by atoms with Crippen LogP contribution in [0.2, 0.25) is 0 Å². The molecule has 2 rings (SSSR count). The Bertz CT molecular complexity index is 622. The number of urea groups is 1. The maximum Gasteiger partial charge on any atom is 0.314 e. The molecule has 0 saturated carbocycles. The number of rotatable bonds is 6. The van der Waals surface area contributed by atoms with E-state index >= 15 is 0 Å². The van der Waals surface area contributed by atoms with Gasteiger partial charge in [-0.1, -0.05) is 25.1 Å². The number of nitrogens with one attached hydrogen (secondary N) is 1. The van der Waals surface area contributed by atoms with Crippen LogP contribution in [0.15, 0.2) is 30.3 Å². The van der Waals surface area contributed by atoms with Crippen molar-refractivity contribution in [3.8, 4) is 5.75 Å². The number of piperidine rings is 1. The molecule has 1 heterocycles. The number of nitrogens with zero attached hydrogens (tertiary/aromatic N) is 1. The number of ether oxygens (including phenoxy) is 1. The normalized spacial score (nSPS) is 16.6. The molecular formula is C19H27N3O3. The molecule has 6 heteroatoms. The highest BCUT2D eigenvalue weighted by atomic mass is 16.5. The van der Waals surface area contributed by atoms with Gasteiger partial charge in [0.05, 0.1) is 6.10 Å². The number of hydrogen-bond donors (Lipinski definition) is 2. The molecule has 1 fully saturated rings. The number of para-hydroxylation sites is 1. The number of amides is 3. The van der Waals surface area contributed by atoms with Crippen molar-refractivity contribution in [3.63, 3.8) is 0 Å². The zero-order valence-electron chi connectivity index (χ0n) is 14.9. The van der Waals surface area contributed by atoms with Crippen molar-refractivity contribution in [2.24, 2.45) is 5.73 Å². The predicted octanol–water partition coefficient (Wildman–Crippen LogP) is 2.54. The summed E-state index contributed by atoms with van der Waals surface area (Å²) in [6.45, 7) is 5.25. The van der Waals surface area contributed by atoms with Gasteiger partial charge in [-0.2, -0.15) is 0 Å². The van der Waals surface area contributed by atoms with Crippen molar-refractivity contribution < 1.29 is 14.3 Å². The van der Waals surface area contributed by atoms with Crippen molar-refractivity contribution in [1.82, 2.24) is 10.2 Å². The number of nitrogens with two attached hydrogens (primary N) is 1. The Morgan fingerprint density at radius 1 is 1.36 bits per heavy atom. The second-order valence-electron chi connectivity index (χ2n) is 6.32. The summed E-state index contributed by atoms with van der Waals surface area (Å²) < 4.78 is 5.88. The van der Waals surface area contributed by atoms with Crippen LogP contribution in [-0.4, -0.2) is 42.1 Å². The molecule has 0 aliphatic carbocycles. The van der Waals surface area contributed by atoms with E-state index in [4.69, 9.17) is 10.5 Å². The summed E-state index contributed by atoms with van der Waals surface area (Å²) in [7, 11) is 0. The Kier molecular flexibility index (Phi) is 6.86. The first-order valence-electron chi connectivity index (χ1n) is 8.78. The highest BCUT2D eigenvalue weighted by molar-refractivity contribution is 5.92. The molecule has 3 amide bonds. The van der Waals surface area contributed by atoms with Gasteiger partial charge in [0, 0.05) is 30.8 Å². The Morgan fingerprint density at radius 3 is 2.68 bits per heavy atom. The molecule has 1 aromatic carbocycles. The van der Waals surface area contributed by atoms with Gasteiger partial charge in [-0.25, -0.2) is 4.79 Å². The summed E-state index contributed by atoms with van der Waals surface area (Å²) in [5, 5.41) is 2.97. The smallest absolute Gasteiger partial charge is 0.314 e. The second kappa shape index (κ2) is 9.11. The average molecular weight is 345 g/mol. The minimum absolute atomic E-state index is 0.0688. The first-order valence-corrected chi connectivity index (χ1v) is 8.78. The van der Waals surface area contributed by atoms with Crippen LogP contribution in [0.3, 0.4) is 0 Å². The molecule has 6 nitrogen and oxygen atoms in total. The fourth-order valence-electron chi connectivity index (χ4n) is 2.68. The molecule has 1 aliphatic rings. The van der Waals surface area contributed by atoms with E-state index in [2.05, 4.69) is 12.2 Å². The Morgan fingerprint density at radius 2 is 2.04 bits per heavy atom. The van der Waals surface area contributed by atoms with Gasteiger partial charge in [0.2, 0.25) is 5.91 Å². The topological polar surface area (TPSA) is 84.7 Å². The monoisotopic (exact) mass is 345 g/mol. The molecule has 136 valence electrons. The fraction of sp³-hybridized carbons (Fsp3) is 0.474. The quantitative estimate of drug-likeness (QED) is 0.777. The minimum atomic E-state index is -0.400. The molecular weight excluding hydrogens is 318 g/mol. The fourth-order valence-corrected chi connectivity index (χ4v) is 2.68. The summed E-state index contributed by atoms with van der Waals surface area (Å²) >= 11 is 0. The van der Waals surface area contributed by atoms with Gasteiger partial charge < -0.3 is 20.7 Å². The summed E-state index contributed by atoms with van der Waals surface area (Å²) in [6.07, 6.45) is 5.78. The van der Waals surface area contributed by atoms with Crippen molar-refractivity contribution >= 4 is 18.0 Å². The lowest BCUT2D eigenvalue weighted by molar-refractivity contribution is -0.117. The molecule has 1 aromatic rings. The molecule has 0 aromatic heterocycles. The molecule has 0 spiro atoms. The van der Waals surface area contributed by atoms with Crippen LogP contribution in [0.25, 0.3) is 6.08 Å². The summed E-state index contributed by atoms with van der Waals surface area (Å²) in [4.78, 5) is 24.9. The van der Waals surface area contributed by atoms with Crippen molar-refractivity contribution in [2.45, 2.75) is 45.3 Å². The van der Waals surface area contributed by atoms with Crippen LogP contribution >= 0.6 is 0 Å². The van der Waals surface area contributed by atoms with E-state index in [-0.39, 0.29) is 18.1 Å². The van der Waals surface area contributed by atoms with Gasteiger partial charge >= 0.3 is 6.03 Å². The molecule has 0 radical (unpaired) electrons. The number of likely N-dealkylation sites (tertiary alicyclic amines) is 1. The van der Waals surface area contributed by atoms with E-state index in [0.717, 1.165) is 30.6 Å². The molecule has 25 heavy (non-hydrogen) atoms.